The Morgan fingerprint density at radius 3 is 2.26 bits per heavy atom. The van der Waals surface area contributed by atoms with Crippen molar-refractivity contribution in [3.63, 3.8) is 0 Å². The number of sulfone groups is 1. The van der Waals surface area contributed by atoms with Gasteiger partial charge in [0, 0.05) is 17.5 Å². The second kappa shape index (κ2) is 7.26. The molecular weight excluding hydrogens is 386 g/mol. The zero-order chi connectivity index (χ0) is 19.8. The van der Waals surface area contributed by atoms with Crippen LogP contribution in [0.3, 0.4) is 0 Å². The second-order valence-electron chi connectivity index (χ2n) is 6.77. The molecule has 0 heterocycles. The van der Waals surface area contributed by atoms with Crippen molar-refractivity contribution in [2.24, 2.45) is 11.1 Å². The SMILES string of the molecule is CCOC(=O)[C@@]1(CN)[C@H](c2ccc(Cl)cc2)[C@@H]1S(=O)(=O)c1ccc(C)cc1. The van der Waals surface area contributed by atoms with E-state index in [1.807, 2.05) is 6.92 Å². The topological polar surface area (TPSA) is 86.5 Å². The minimum atomic E-state index is -3.79. The van der Waals surface area contributed by atoms with Crippen molar-refractivity contribution in [3.05, 3.63) is 64.7 Å². The Labute approximate surface area is 164 Å². The van der Waals surface area contributed by atoms with Crippen LogP contribution < -0.4 is 5.73 Å². The van der Waals surface area contributed by atoms with Crippen molar-refractivity contribution in [2.45, 2.75) is 29.9 Å². The number of carbonyl (C=O) groups excluding carboxylic acids is 1. The number of carbonyl (C=O) groups is 1. The van der Waals surface area contributed by atoms with Gasteiger partial charge in [0.1, 0.15) is 5.41 Å². The number of rotatable bonds is 6. The number of esters is 1. The van der Waals surface area contributed by atoms with Crippen molar-refractivity contribution in [1.29, 1.82) is 0 Å². The molecule has 3 atom stereocenters. The Morgan fingerprint density at radius 1 is 1.15 bits per heavy atom. The lowest BCUT2D eigenvalue weighted by Gasteiger charge is -2.14. The van der Waals surface area contributed by atoms with Crippen molar-refractivity contribution in [3.8, 4) is 0 Å². The lowest BCUT2D eigenvalue weighted by molar-refractivity contribution is -0.149. The van der Waals surface area contributed by atoms with E-state index in [0.29, 0.717) is 10.6 Å². The van der Waals surface area contributed by atoms with Crippen LogP contribution in [0.1, 0.15) is 24.0 Å². The van der Waals surface area contributed by atoms with Crippen LogP contribution in [0.4, 0.5) is 0 Å². The molecule has 2 N–H and O–H groups in total. The lowest BCUT2D eigenvalue weighted by Crippen LogP contribution is -2.33. The molecule has 2 aromatic carbocycles. The van der Waals surface area contributed by atoms with Crippen molar-refractivity contribution in [1.82, 2.24) is 0 Å². The highest BCUT2D eigenvalue weighted by Crippen LogP contribution is 2.64. The molecule has 0 bridgehead atoms. The maximum absolute atomic E-state index is 13.4. The Hall–Kier alpha value is -1.89. The largest absolute Gasteiger partial charge is 0.465 e. The first-order valence-corrected chi connectivity index (χ1v) is 10.6. The predicted octanol–water partition coefficient (Wildman–Crippen LogP) is 3.10. The Balaban J connectivity index is 2.10. The standard InChI is InChI=1S/C20H22ClNO4S/c1-3-26-19(23)20(12-22)17(14-6-8-15(21)9-7-14)18(20)27(24,25)16-10-4-13(2)5-11-16/h4-11,17-18H,3,12,22H2,1-2H3/t17-,18+,20+/m1/s1. The second-order valence-corrected chi connectivity index (χ2v) is 9.28. The summed E-state index contributed by atoms with van der Waals surface area (Å²) in [5, 5.41) is -0.440. The summed E-state index contributed by atoms with van der Waals surface area (Å²) >= 11 is 5.96. The molecule has 1 aliphatic rings. The van der Waals surface area contributed by atoms with Gasteiger partial charge in [-0.15, -0.1) is 0 Å². The van der Waals surface area contributed by atoms with Crippen LogP contribution >= 0.6 is 11.6 Å². The fraction of sp³-hybridized carbons (Fsp3) is 0.350. The predicted molar refractivity (Wildman–Crippen MR) is 104 cm³/mol. The van der Waals surface area contributed by atoms with Crippen LogP contribution in [-0.2, 0) is 19.4 Å². The number of nitrogens with two attached hydrogens (primary N) is 1. The van der Waals surface area contributed by atoms with Gasteiger partial charge >= 0.3 is 5.97 Å². The molecule has 5 nitrogen and oxygen atoms in total. The van der Waals surface area contributed by atoms with E-state index in [1.54, 1.807) is 55.5 Å². The molecule has 7 heteroatoms. The van der Waals surface area contributed by atoms with Crippen LogP contribution in [0.25, 0.3) is 0 Å². The quantitative estimate of drug-likeness (QED) is 0.743. The van der Waals surface area contributed by atoms with E-state index in [4.69, 9.17) is 22.1 Å². The first-order valence-electron chi connectivity index (χ1n) is 8.72. The van der Waals surface area contributed by atoms with Gasteiger partial charge in [-0.1, -0.05) is 41.4 Å². The number of hydrogen-bond acceptors (Lipinski definition) is 5. The molecule has 0 unspecified atom stereocenters. The van der Waals surface area contributed by atoms with Crippen molar-refractivity contribution >= 4 is 27.4 Å². The third-order valence-corrected chi connectivity index (χ3v) is 7.71. The number of halogens is 1. The van der Waals surface area contributed by atoms with Gasteiger partial charge in [-0.2, -0.15) is 0 Å². The van der Waals surface area contributed by atoms with E-state index in [0.717, 1.165) is 5.56 Å². The van der Waals surface area contributed by atoms with E-state index in [2.05, 4.69) is 0 Å². The fourth-order valence-electron chi connectivity index (χ4n) is 3.71. The summed E-state index contributed by atoms with van der Waals surface area (Å²) in [6, 6.07) is 13.4. The Bertz CT molecular complexity index is 941. The maximum atomic E-state index is 13.4. The third kappa shape index (κ3) is 3.26. The average Bonchev–Trinajstić information content (AvgIpc) is 3.34. The number of aryl methyl sites for hydroxylation is 1. The van der Waals surface area contributed by atoms with Crippen molar-refractivity contribution in [2.75, 3.05) is 13.2 Å². The minimum Gasteiger partial charge on any atom is -0.465 e. The van der Waals surface area contributed by atoms with E-state index in [9.17, 15) is 13.2 Å². The van der Waals surface area contributed by atoms with Crippen LogP contribution in [0.2, 0.25) is 5.02 Å². The molecule has 27 heavy (non-hydrogen) atoms. The molecule has 0 radical (unpaired) electrons. The smallest absolute Gasteiger partial charge is 0.315 e. The molecule has 0 aromatic heterocycles. The van der Waals surface area contributed by atoms with Gasteiger partial charge in [0.2, 0.25) is 0 Å². The van der Waals surface area contributed by atoms with Gasteiger partial charge in [0.25, 0.3) is 0 Å². The van der Waals surface area contributed by atoms with E-state index in [-0.39, 0.29) is 18.0 Å². The Kier molecular flexibility index (Phi) is 5.34. The summed E-state index contributed by atoms with van der Waals surface area (Å²) in [7, 11) is -3.79. The molecule has 144 valence electrons. The van der Waals surface area contributed by atoms with Gasteiger partial charge in [-0.3, -0.25) is 4.79 Å². The fourth-order valence-corrected chi connectivity index (χ4v) is 6.22. The van der Waals surface area contributed by atoms with Crippen LogP contribution in [0, 0.1) is 12.3 Å². The number of hydrogen-bond donors (Lipinski definition) is 1. The first-order chi connectivity index (χ1) is 12.8. The van der Waals surface area contributed by atoms with E-state index < -0.39 is 32.4 Å². The normalized spacial score (nSPS) is 24.4. The molecule has 3 rings (SSSR count). The van der Waals surface area contributed by atoms with E-state index in [1.165, 1.54) is 0 Å². The summed E-state index contributed by atoms with van der Waals surface area (Å²) in [5.74, 6) is -1.15. The molecule has 0 saturated heterocycles. The van der Waals surface area contributed by atoms with Gasteiger partial charge in [-0.05, 0) is 43.7 Å². The molecule has 2 aromatic rings. The molecule has 0 aliphatic heterocycles. The summed E-state index contributed by atoms with van der Waals surface area (Å²) < 4.78 is 31.9. The molecule has 1 aliphatic carbocycles. The zero-order valence-corrected chi connectivity index (χ0v) is 16.8. The first kappa shape index (κ1) is 19.9. The Morgan fingerprint density at radius 2 is 1.74 bits per heavy atom. The molecular formula is C20H22ClNO4S. The molecule has 0 amide bonds. The third-order valence-electron chi connectivity index (χ3n) is 5.16. The monoisotopic (exact) mass is 407 g/mol. The van der Waals surface area contributed by atoms with Crippen LogP contribution in [0.5, 0.6) is 0 Å². The van der Waals surface area contributed by atoms with Gasteiger partial charge < -0.3 is 10.5 Å². The summed E-state index contributed by atoms with van der Waals surface area (Å²) in [6.07, 6.45) is 0. The highest BCUT2D eigenvalue weighted by atomic mass is 35.5. The summed E-state index contributed by atoms with van der Waals surface area (Å²) in [6.45, 7) is 3.61. The maximum Gasteiger partial charge on any atom is 0.315 e. The number of benzene rings is 2. The van der Waals surface area contributed by atoms with Gasteiger partial charge in [0.15, 0.2) is 9.84 Å². The molecule has 1 saturated carbocycles. The summed E-state index contributed by atoms with van der Waals surface area (Å²) in [5.41, 5.74) is 6.32. The lowest BCUT2D eigenvalue weighted by atomic mass is 9.99. The highest BCUT2D eigenvalue weighted by Gasteiger charge is 2.75. The van der Waals surface area contributed by atoms with Crippen LogP contribution in [-0.4, -0.2) is 32.8 Å². The van der Waals surface area contributed by atoms with Gasteiger partial charge in [0.05, 0.1) is 16.8 Å². The van der Waals surface area contributed by atoms with Gasteiger partial charge in [-0.25, -0.2) is 8.42 Å². The summed E-state index contributed by atoms with van der Waals surface area (Å²) in [4.78, 5) is 12.9. The molecule has 0 spiro atoms. The average molecular weight is 408 g/mol. The van der Waals surface area contributed by atoms with Crippen LogP contribution in [0.15, 0.2) is 53.4 Å². The number of ether oxygens (including phenoxy) is 1. The minimum absolute atomic E-state index is 0.116. The highest BCUT2D eigenvalue weighted by molar-refractivity contribution is 7.92. The van der Waals surface area contributed by atoms with Crippen molar-refractivity contribution < 1.29 is 17.9 Å². The van der Waals surface area contributed by atoms with E-state index >= 15 is 0 Å². The molecule has 1 fully saturated rings. The zero-order valence-electron chi connectivity index (χ0n) is 15.2.